The quantitative estimate of drug-likeness (QED) is 0.397. The Kier molecular flexibility index (Phi) is 6.09. The van der Waals surface area contributed by atoms with E-state index in [1.54, 1.807) is 27.7 Å². The molecule has 1 aliphatic rings. The number of hydrogen-bond donors (Lipinski definition) is 0. The Bertz CT molecular complexity index is 574. The molecular formula is C19H30O6. The number of rotatable bonds is 7. The van der Waals surface area contributed by atoms with E-state index in [9.17, 15) is 14.4 Å². The molecule has 1 aliphatic heterocycles. The second-order valence-electron chi connectivity index (χ2n) is 8.42. The number of ether oxygens (including phenoxy) is 3. The zero-order valence-corrected chi connectivity index (χ0v) is 16.4. The summed E-state index contributed by atoms with van der Waals surface area (Å²) in [6, 6.07) is 0. The van der Waals surface area contributed by atoms with Gasteiger partial charge in [-0.2, -0.15) is 0 Å². The molecule has 1 rings (SSSR count). The maximum Gasteiger partial charge on any atom is 0.348 e. The average molecular weight is 354 g/mol. The fourth-order valence-electron chi connectivity index (χ4n) is 2.75. The van der Waals surface area contributed by atoms with Crippen molar-refractivity contribution in [2.75, 3.05) is 6.61 Å². The highest BCUT2D eigenvalue weighted by Crippen LogP contribution is 2.37. The van der Waals surface area contributed by atoms with Gasteiger partial charge in [-0.25, -0.2) is 9.59 Å². The summed E-state index contributed by atoms with van der Waals surface area (Å²) in [6.07, 6.45) is -0.138. The summed E-state index contributed by atoms with van der Waals surface area (Å²) in [7, 11) is 0. The van der Waals surface area contributed by atoms with Crippen LogP contribution >= 0.6 is 0 Å². The number of esters is 3. The normalized spacial score (nSPS) is 21.9. The van der Waals surface area contributed by atoms with E-state index in [1.807, 2.05) is 20.8 Å². The molecule has 0 bridgehead atoms. The van der Waals surface area contributed by atoms with E-state index in [0.29, 0.717) is 12.0 Å². The Morgan fingerprint density at radius 1 is 1.32 bits per heavy atom. The molecule has 6 nitrogen and oxygen atoms in total. The zero-order valence-electron chi connectivity index (χ0n) is 16.4. The van der Waals surface area contributed by atoms with Gasteiger partial charge in [0.2, 0.25) is 6.10 Å². The van der Waals surface area contributed by atoms with E-state index >= 15 is 0 Å². The molecule has 1 heterocycles. The molecule has 0 saturated carbocycles. The molecule has 25 heavy (non-hydrogen) atoms. The van der Waals surface area contributed by atoms with Crippen molar-refractivity contribution >= 4 is 17.9 Å². The van der Waals surface area contributed by atoms with E-state index in [4.69, 9.17) is 14.2 Å². The first-order valence-electron chi connectivity index (χ1n) is 8.51. The Morgan fingerprint density at radius 2 is 1.88 bits per heavy atom. The largest absolute Gasteiger partial charge is 0.462 e. The molecule has 2 atom stereocenters. The van der Waals surface area contributed by atoms with Gasteiger partial charge in [0.15, 0.2) is 0 Å². The van der Waals surface area contributed by atoms with Crippen molar-refractivity contribution in [3.63, 3.8) is 0 Å². The van der Waals surface area contributed by atoms with Crippen LogP contribution in [0.3, 0.4) is 0 Å². The molecule has 142 valence electrons. The first-order chi connectivity index (χ1) is 11.2. The highest BCUT2D eigenvalue weighted by molar-refractivity contribution is 5.87. The number of carbonyl (C=O) groups is 3. The summed E-state index contributed by atoms with van der Waals surface area (Å²) in [5, 5.41) is 0. The molecule has 0 aromatic heterocycles. The summed E-state index contributed by atoms with van der Waals surface area (Å²) in [6.45, 7) is 16.1. The Hall–Kier alpha value is -1.85. The zero-order chi connectivity index (χ0) is 19.6. The summed E-state index contributed by atoms with van der Waals surface area (Å²) >= 11 is 0. The van der Waals surface area contributed by atoms with Gasteiger partial charge in [-0.1, -0.05) is 27.4 Å². The molecule has 1 saturated heterocycles. The first kappa shape index (κ1) is 21.2. The van der Waals surface area contributed by atoms with Crippen LogP contribution in [-0.4, -0.2) is 36.2 Å². The van der Waals surface area contributed by atoms with E-state index < -0.39 is 40.4 Å². The molecule has 0 radical (unpaired) electrons. The third-order valence-corrected chi connectivity index (χ3v) is 4.54. The molecule has 0 aliphatic carbocycles. The smallest absolute Gasteiger partial charge is 0.348 e. The van der Waals surface area contributed by atoms with Crippen molar-refractivity contribution in [2.24, 2.45) is 10.8 Å². The average Bonchev–Trinajstić information content (AvgIpc) is 2.73. The monoisotopic (exact) mass is 354 g/mol. The van der Waals surface area contributed by atoms with Gasteiger partial charge < -0.3 is 14.2 Å². The summed E-state index contributed by atoms with van der Waals surface area (Å²) in [5.74, 6) is -1.54. The lowest BCUT2D eigenvalue weighted by Crippen LogP contribution is -2.43. The van der Waals surface area contributed by atoms with E-state index in [-0.39, 0.29) is 13.0 Å². The maximum absolute atomic E-state index is 12.7. The third-order valence-electron chi connectivity index (χ3n) is 4.54. The highest BCUT2D eigenvalue weighted by atomic mass is 16.6. The van der Waals surface area contributed by atoms with Gasteiger partial charge >= 0.3 is 17.9 Å². The molecular weight excluding hydrogens is 324 g/mol. The molecule has 6 heteroatoms. The lowest BCUT2D eigenvalue weighted by molar-refractivity contribution is -0.176. The van der Waals surface area contributed by atoms with Crippen molar-refractivity contribution in [3.8, 4) is 0 Å². The summed E-state index contributed by atoms with van der Waals surface area (Å²) in [5.41, 5.74) is -2.05. The Morgan fingerprint density at radius 3 is 2.28 bits per heavy atom. The minimum atomic E-state index is -0.945. The Labute approximate surface area is 149 Å². The SMILES string of the molecule is C=C(C)C(=O)OC(C)(CC)CC(C)(C)C(=O)OC1C(=O)OCC1(C)C. The van der Waals surface area contributed by atoms with Crippen LogP contribution in [0.15, 0.2) is 12.2 Å². The van der Waals surface area contributed by atoms with Crippen molar-refractivity contribution in [1.29, 1.82) is 0 Å². The van der Waals surface area contributed by atoms with Crippen LogP contribution in [0.2, 0.25) is 0 Å². The standard InChI is InChI=1S/C19H30O6/c1-9-19(8,25-14(20)12(2)3)10-17(4,5)16(22)24-13-15(21)23-11-18(13,6)7/h13H,2,9-11H2,1,3-8H3. The molecule has 2 unspecified atom stereocenters. The van der Waals surface area contributed by atoms with Crippen LogP contribution in [-0.2, 0) is 28.6 Å². The van der Waals surface area contributed by atoms with E-state index in [1.165, 1.54) is 0 Å². The van der Waals surface area contributed by atoms with Crippen LogP contribution in [0.1, 0.15) is 61.3 Å². The second-order valence-corrected chi connectivity index (χ2v) is 8.42. The van der Waals surface area contributed by atoms with Crippen LogP contribution in [0.5, 0.6) is 0 Å². The topological polar surface area (TPSA) is 78.9 Å². The second kappa shape index (κ2) is 7.18. The van der Waals surface area contributed by atoms with Gasteiger partial charge in [-0.15, -0.1) is 0 Å². The minimum absolute atomic E-state index is 0.215. The number of hydrogen-bond acceptors (Lipinski definition) is 6. The van der Waals surface area contributed by atoms with Crippen molar-refractivity contribution in [2.45, 2.75) is 73.0 Å². The minimum Gasteiger partial charge on any atom is -0.462 e. The summed E-state index contributed by atoms with van der Waals surface area (Å²) in [4.78, 5) is 36.4. The third kappa shape index (κ3) is 5.06. The first-order valence-corrected chi connectivity index (χ1v) is 8.51. The molecule has 0 spiro atoms. The molecule has 1 fully saturated rings. The summed E-state index contributed by atoms with van der Waals surface area (Å²) < 4.78 is 16.0. The van der Waals surface area contributed by atoms with Gasteiger partial charge in [0.1, 0.15) is 12.2 Å². The Balaban J connectivity index is 2.87. The molecule has 0 N–H and O–H groups in total. The van der Waals surface area contributed by atoms with Crippen LogP contribution in [0.25, 0.3) is 0 Å². The van der Waals surface area contributed by atoms with Crippen LogP contribution < -0.4 is 0 Å². The van der Waals surface area contributed by atoms with Gasteiger partial charge in [0, 0.05) is 17.4 Å². The molecule has 0 aromatic rings. The fourth-order valence-corrected chi connectivity index (χ4v) is 2.75. The van der Waals surface area contributed by atoms with Gasteiger partial charge in [-0.05, 0) is 34.1 Å². The van der Waals surface area contributed by atoms with Crippen molar-refractivity contribution in [3.05, 3.63) is 12.2 Å². The van der Waals surface area contributed by atoms with Gasteiger partial charge in [-0.3, -0.25) is 4.79 Å². The number of carbonyl (C=O) groups excluding carboxylic acids is 3. The van der Waals surface area contributed by atoms with Gasteiger partial charge in [0.05, 0.1) is 5.41 Å². The highest BCUT2D eigenvalue weighted by Gasteiger charge is 2.49. The molecule has 0 aromatic carbocycles. The lowest BCUT2D eigenvalue weighted by atomic mass is 9.79. The van der Waals surface area contributed by atoms with Crippen molar-refractivity contribution < 1.29 is 28.6 Å². The maximum atomic E-state index is 12.7. The number of cyclic esters (lactones) is 1. The van der Waals surface area contributed by atoms with Gasteiger partial charge in [0.25, 0.3) is 0 Å². The van der Waals surface area contributed by atoms with Crippen molar-refractivity contribution in [1.82, 2.24) is 0 Å². The van der Waals surface area contributed by atoms with E-state index in [0.717, 1.165) is 0 Å². The van der Waals surface area contributed by atoms with E-state index in [2.05, 4.69) is 6.58 Å². The fraction of sp³-hybridized carbons (Fsp3) is 0.737. The predicted molar refractivity (Wildman–Crippen MR) is 92.6 cm³/mol. The van der Waals surface area contributed by atoms with Crippen LogP contribution in [0.4, 0.5) is 0 Å². The molecule has 0 amide bonds. The predicted octanol–water partition coefficient (Wildman–Crippen LogP) is 3.19. The lowest BCUT2D eigenvalue weighted by Gasteiger charge is -2.36. The van der Waals surface area contributed by atoms with Crippen LogP contribution in [0, 0.1) is 10.8 Å².